The third kappa shape index (κ3) is 3.47. The summed E-state index contributed by atoms with van der Waals surface area (Å²) in [6, 6.07) is 12.1. The number of carbonyl (C=O) groups is 1. The van der Waals surface area contributed by atoms with Gasteiger partial charge in [-0.05, 0) is 86.7 Å². The average Bonchev–Trinajstić information content (AvgIpc) is 3.71. The van der Waals surface area contributed by atoms with Gasteiger partial charge in [-0.3, -0.25) is 4.90 Å². The SMILES string of the molecule is COc1ccc2c3c1O[C@H]1[C@@]4(OC)CC[C@@]5(C[C@@H]4COCc4cccc(NC(N)=O)c4)[C@@H](C2)N(CC2CC2)CC[C@]315. The number of hydrogen-bond donors (Lipinski definition) is 2. The van der Waals surface area contributed by atoms with Gasteiger partial charge in [-0.2, -0.15) is 0 Å². The molecule has 5 fully saturated rings. The predicted molar refractivity (Wildman–Crippen MR) is 154 cm³/mol. The van der Waals surface area contributed by atoms with Crippen LogP contribution in [0.15, 0.2) is 36.4 Å². The summed E-state index contributed by atoms with van der Waals surface area (Å²) in [6.45, 7) is 3.44. The van der Waals surface area contributed by atoms with Gasteiger partial charge in [0.2, 0.25) is 0 Å². The molecule has 3 N–H and O–H groups in total. The minimum Gasteiger partial charge on any atom is -0.493 e. The number of nitrogens with one attached hydrogen (secondary N) is 1. The van der Waals surface area contributed by atoms with Crippen LogP contribution < -0.4 is 20.5 Å². The van der Waals surface area contributed by atoms with Gasteiger partial charge in [-0.15, -0.1) is 0 Å². The molecule has 8 heteroatoms. The standard InChI is InChI=1S/C33H41N3O5/c1-38-25-9-8-22-15-26-31-10-11-33(39-2,23(16-31)19-40-18-21-4-3-5-24(14-21)35-30(34)37)29-32(31,27(22)28(25)41-29)12-13-36(26)17-20-6-7-20/h3-5,8-9,14,20,23,26,29H,6-7,10-13,15-19H2,1-2H3,(H3,34,35,37)/t23-,26-,29-,31-,32+,33-/m1/s1. The van der Waals surface area contributed by atoms with E-state index in [9.17, 15) is 4.79 Å². The van der Waals surface area contributed by atoms with Gasteiger partial charge < -0.3 is 30.0 Å². The number of urea groups is 1. The molecule has 8 nitrogen and oxygen atoms in total. The van der Waals surface area contributed by atoms with Gasteiger partial charge >= 0.3 is 6.03 Å². The Morgan fingerprint density at radius 1 is 1.17 bits per heavy atom. The van der Waals surface area contributed by atoms with Crippen molar-refractivity contribution in [3.8, 4) is 11.5 Å². The molecule has 7 aliphatic rings. The van der Waals surface area contributed by atoms with Crippen LogP contribution in [0, 0.1) is 17.3 Å². The fraction of sp³-hybridized carbons (Fsp3) is 0.606. The van der Waals surface area contributed by atoms with E-state index in [-0.39, 0.29) is 22.9 Å². The number of fused-ring (bicyclic) bond motifs is 2. The molecule has 4 saturated carbocycles. The zero-order chi connectivity index (χ0) is 28.0. The number of hydrogen-bond acceptors (Lipinski definition) is 6. The lowest BCUT2D eigenvalue weighted by Gasteiger charge is -2.74. The van der Waals surface area contributed by atoms with Gasteiger partial charge in [0.25, 0.3) is 0 Å². The second-order valence-corrected chi connectivity index (χ2v) is 13.4. The lowest BCUT2D eigenvalue weighted by atomic mass is 9.35. The summed E-state index contributed by atoms with van der Waals surface area (Å²) in [6.07, 6.45) is 8.16. The van der Waals surface area contributed by atoms with Crippen molar-refractivity contribution in [2.24, 2.45) is 23.0 Å². The lowest BCUT2D eigenvalue weighted by molar-refractivity contribution is -0.283. The van der Waals surface area contributed by atoms with Crippen molar-refractivity contribution in [1.82, 2.24) is 4.90 Å². The van der Waals surface area contributed by atoms with E-state index in [1.807, 2.05) is 31.4 Å². The van der Waals surface area contributed by atoms with Crippen molar-refractivity contribution in [2.75, 3.05) is 39.2 Å². The number of ether oxygens (including phenoxy) is 4. The molecule has 2 aliphatic heterocycles. The van der Waals surface area contributed by atoms with Crippen LogP contribution in [-0.4, -0.2) is 62.6 Å². The first-order valence-electron chi connectivity index (χ1n) is 15.3. The Balaban J connectivity index is 1.15. The van der Waals surface area contributed by atoms with Gasteiger partial charge in [0.1, 0.15) is 11.7 Å². The molecular weight excluding hydrogens is 518 g/mol. The highest BCUT2D eigenvalue weighted by Gasteiger charge is 2.80. The fourth-order valence-electron chi connectivity index (χ4n) is 10.1. The second kappa shape index (κ2) is 9.09. The zero-order valence-corrected chi connectivity index (χ0v) is 24.1. The van der Waals surface area contributed by atoms with Gasteiger partial charge in [0, 0.05) is 47.7 Å². The first-order valence-corrected chi connectivity index (χ1v) is 15.3. The number of nitrogens with two attached hydrogens (primary N) is 1. The normalized spacial score (nSPS) is 36.0. The van der Waals surface area contributed by atoms with E-state index in [1.165, 1.54) is 36.9 Å². The molecule has 9 rings (SSSR count). The van der Waals surface area contributed by atoms with Crippen molar-refractivity contribution in [2.45, 2.75) is 74.7 Å². The molecule has 2 aromatic carbocycles. The van der Waals surface area contributed by atoms with Crippen molar-refractivity contribution in [3.05, 3.63) is 53.1 Å². The van der Waals surface area contributed by atoms with E-state index < -0.39 is 11.6 Å². The lowest BCUT2D eigenvalue weighted by Crippen LogP contribution is -2.81. The number of methoxy groups -OCH3 is 2. The van der Waals surface area contributed by atoms with Crippen molar-refractivity contribution >= 4 is 11.7 Å². The number of amides is 2. The Kier molecular flexibility index (Phi) is 5.74. The summed E-state index contributed by atoms with van der Waals surface area (Å²) >= 11 is 0. The number of nitrogens with zero attached hydrogens (tertiary/aromatic N) is 1. The molecule has 2 heterocycles. The molecule has 2 aromatic rings. The average molecular weight is 560 g/mol. The quantitative estimate of drug-likeness (QED) is 0.465. The molecule has 5 aliphatic carbocycles. The second-order valence-electron chi connectivity index (χ2n) is 13.4. The molecule has 1 saturated heterocycles. The Morgan fingerprint density at radius 2 is 2.05 bits per heavy atom. The highest BCUT2D eigenvalue weighted by atomic mass is 16.6. The van der Waals surface area contributed by atoms with Crippen LogP contribution in [-0.2, 0) is 27.9 Å². The van der Waals surface area contributed by atoms with Crippen LogP contribution in [0.5, 0.6) is 11.5 Å². The largest absolute Gasteiger partial charge is 0.493 e. The van der Waals surface area contributed by atoms with Crippen molar-refractivity contribution in [3.63, 3.8) is 0 Å². The number of benzene rings is 2. The van der Waals surface area contributed by atoms with Crippen LogP contribution in [0.3, 0.4) is 0 Å². The van der Waals surface area contributed by atoms with Crippen LogP contribution in [0.2, 0.25) is 0 Å². The van der Waals surface area contributed by atoms with Crippen LogP contribution >= 0.6 is 0 Å². The summed E-state index contributed by atoms with van der Waals surface area (Å²) < 4.78 is 26.1. The minimum absolute atomic E-state index is 0.0462. The summed E-state index contributed by atoms with van der Waals surface area (Å²) in [5, 5.41) is 2.66. The maximum absolute atomic E-state index is 11.3. The van der Waals surface area contributed by atoms with E-state index in [2.05, 4.69) is 22.3 Å². The highest BCUT2D eigenvalue weighted by Crippen LogP contribution is 2.76. The number of primary amides is 1. The van der Waals surface area contributed by atoms with Gasteiger partial charge in [0.05, 0.1) is 20.3 Å². The van der Waals surface area contributed by atoms with Crippen LogP contribution in [0.4, 0.5) is 10.5 Å². The van der Waals surface area contributed by atoms with Gasteiger partial charge in [0.15, 0.2) is 11.5 Å². The van der Waals surface area contributed by atoms with E-state index in [0.29, 0.717) is 24.9 Å². The summed E-state index contributed by atoms with van der Waals surface area (Å²) in [5.41, 5.74) is 9.56. The van der Waals surface area contributed by atoms with E-state index in [4.69, 9.17) is 24.7 Å². The predicted octanol–water partition coefficient (Wildman–Crippen LogP) is 4.63. The molecule has 41 heavy (non-hydrogen) atoms. The maximum Gasteiger partial charge on any atom is 0.316 e. The Hall–Kier alpha value is -2.81. The summed E-state index contributed by atoms with van der Waals surface area (Å²) in [5.74, 6) is 2.91. The molecule has 2 spiro atoms. The molecule has 0 unspecified atom stereocenters. The third-order valence-corrected chi connectivity index (χ3v) is 11.8. The molecular formula is C33H41N3O5. The molecule has 218 valence electrons. The molecule has 0 aromatic heterocycles. The third-order valence-electron chi connectivity index (χ3n) is 11.8. The highest BCUT2D eigenvalue weighted by molar-refractivity contribution is 5.87. The molecule has 0 radical (unpaired) electrons. The van der Waals surface area contributed by atoms with Gasteiger partial charge in [-0.1, -0.05) is 18.2 Å². The number of rotatable bonds is 9. The molecule has 2 amide bonds. The monoisotopic (exact) mass is 559 g/mol. The zero-order valence-electron chi connectivity index (χ0n) is 24.1. The molecule has 6 atom stereocenters. The van der Waals surface area contributed by atoms with Crippen molar-refractivity contribution < 1.29 is 23.7 Å². The van der Waals surface area contributed by atoms with Gasteiger partial charge in [-0.25, -0.2) is 4.79 Å². The van der Waals surface area contributed by atoms with Crippen LogP contribution in [0.1, 0.15) is 55.2 Å². The number of anilines is 1. The first-order chi connectivity index (χ1) is 19.9. The Bertz CT molecular complexity index is 1390. The van der Waals surface area contributed by atoms with E-state index in [1.54, 1.807) is 7.11 Å². The van der Waals surface area contributed by atoms with E-state index in [0.717, 1.165) is 55.2 Å². The smallest absolute Gasteiger partial charge is 0.316 e. The number of likely N-dealkylation sites (tertiary alicyclic amines) is 1. The topological polar surface area (TPSA) is 95.3 Å². The summed E-state index contributed by atoms with van der Waals surface area (Å²) in [4.78, 5) is 14.2. The summed E-state index contributed by atoms with van der Waals surface area (Å²) in [7, 11) is 3.64. The number of carbonyl (C=O) groups excluding carboxylic acids is 1. The fourth-order valence-corrected chi connectivity index (χ4v) is 10.1. The van der Waals surface area contributed by atoms with Crippen molar-refractivity contribution in [1.29, 1.82) is 0 Å². The first kappa shape index (κ1) is 25.9. The molecule has 4 bridgehead atoms. The maximum atomic E-state index is 11.3. The van der Waals surface area contributed by atoms with Crippen LogP contribution in [0.25, 0.3) is 0 Å². The Morgan fingerprint density at radius 3 is 2.83 bits per heavy atom. The minimum atomic E-state index is -0.567. The number of piperidine rings is 1. The Labute approximate surface area is 241 Å². The van der Waals surface area contributed by atoms with E-state index >= 15 is 0 Å².